The van der Waals surface area contributed by atoms with Crippen LogP contribution in [0, 0.1) is 11.8 Å². The Labute approximate surface area is 203 Å². The summed E-state index contributed by atoms with van der Waals surface area (Å²) in [5, 5.41) is 9.95. The van der Waals surface area contributed by atoms with Crippen molar-refractivity contribution in [1.29, 1.82) is 0 Å². The highest BCUT2D eigenvalue weighted by Gasteiger charge is 2.33. The molecule has 3 aromatic rings. The lowest BCUT2D eigenvalue weighted by Gasteiger charge is -2.13. The molecule has 6 rings (SSSR count). The summed E-state index contributed by atoms with van der Waals surface area (Å²) in [6.45, 7) is 0.777. The third-order valence-electron chi connectivity index (χ3n) is 6.25. The molecule has 2 fully saturated rings. The van der Waals surface area contributed by atoms with Crippen molar-refractivity contribution < 1.29 is 9.59 Å². The van der Waals surface area contributed by atoms with Gasteiger partial charge in [0.1, 0.15) is 5.00 Å². The van der Waals surface area contributed by atoms with Crippen molar-refractivity contribution in [3.8, 4) is 0 Å². The SMILES string of the molecule is O=C(NCC1CC1)c1c(NC(=O)C2CC2)sc2c1CCCC2.c1cncc(Nc2ncc[nH]2)c1. The zero-order valence-corrected chi connectivity index (χ0v) is 19.9. The minimum absolute atomic E-state index is 0.0115. The van der Waals surface area contributed by atoms with E-state index < -0.39 is 0 Å². The summed E-state index contributed by atoms with van der Waals surface area (Å²) in [6, 6.07) is 3.79. The van der Waals surface area contributed by atoms with Gasteiger partial charge < -0.3 is 20.9 Å². The first-order valence-electron chi connectivity index (χ1n) is 12.1. The Kier molecular flexibility index (Phi) is 6.89. The summed E-state index contributed by atoms with van der Waals surface area (Å²) in [5.74, 6) is 1.67. The second-order valence-electron chi connectivity index (χ2n) is 9.14. The number of hydrogen-bond acceptors (Lipinski definition) is 6. The van der Waals surface area contributed by atoms with Crippen LogP contribution in [0.5, 0.6) is 0 Å². The van der Waals surface area contributed by atoms with E-state index in [1.54, 1.807) is 36.1 Å². The highest BCUT2D eigenvalue weighted by molar-refractivity contribution is 7.17. The standard InChI is InChI=1S/C17H22N2O2S.C8H8N4/c20-15(11-7-8-11)19-17-14(16(21)18-9-10-5-6-10)12-3-1-2-4-13(12)22-17;1-2-7(6-9-3-1)12-8-10-4-5-11-8/h10-11H,1-9H2,(H,18,21)(H,19,20);1-6H,(H2,10,11,12). The minimum Gasteiger partial charge on any atom is -0.352 e. The Morgan fingerprint density at radius 2 is 1.97 bits per heavy atom. The lowest BCUT2D eigenvalue weighted by atomic mass is 9.95. The van der Waals surface area contributed by atoms with Gasteiger partial charge >= 0.3 is 0 Å². The Morgan fingerprint density at radius 1 is 1.12 bits per heavy atom. The molecular formula is C25H30N6O2S. The summed E-state index contributed by atoms with van der Waals surface area (Å²) in [6.07, 6.45) is 15.7. The molecule has 0 atom stereocenters. The van der Waals surface area contributed by atoms with E-state index in [1.807, 2.05) is 12.1 Å². The largest absolute Gasteiger partial charge is 0.352 e. The van der Waals surface area contributed by atoms with Gasteiger partial charge in [0, 0.05) is 35.9 Å². The number of fused-ring (bicyclic) bond motifs is 1. The maximum atomic E-state index is 12.6. The smallest absolute Gasteiger partial charge is 0.254 e. The summed E-state index contributed by atoms with van der Waals surface area (Å²) >= 11 is 1.62. The zero-order valence-electron chi connectivity index (χ0n) is 19.1. The fraction of sp³-hybridized carbons (Fsp3) is 0.440. The van der Waals surface area contributed by atoms with Crippen molar-refractivity contribution in [2.24, 2.45) is 11.8 Å². The summed E-state index contributed by atoms with van der Waals surface area (Å²) in [7, 11) is 0. The van der Waals surface area contributed by atoms with E-state index in [9.17, 15) is 9.59 Å². The van der Waals surface area contributed by atoms with Crippen molar-refractivity contribution in [3.63, 3.8) is 0 Å². The molecule has 3 aliphatic carbocycles. The van der Waals surface area contributed by atoms with Gasteiger partial charge in [-0.1, -0.05) is 0 Å². The molecule has 8 nitrogen and oxygen atoms in total. The molecule has 0 spiro atoms. The molecule has 2 saturated carbocycles. The van der Waals surface area contributed by atoms with E-state index >= 15 is 0 Å². The van der Waals surface area contributed by atoms with Crippen LogP contribution in [0.25, 0.3) is 0 Å². The maximum absolute atomic E-state index is 12.6. The number of carbonyl (C=O) groups is 2. The van der Waals surface area contributed by atoms with Crippen LogP contribution in [0.1, 0.15) is 59.3 Å². The lowest BCUT2D eigenvalue weighted by Crippen LogP contribution is -2.27. The number of hydrogen-bond donors (Lipinski definition) is 4. The van der Waals surface area contributed by atoms with Crippen LogP contribution in [-0.4, -0.2) is 33.3 Å². The molecule has 0 bridgehead atoms. The summed E-state index contributed by atoms with van der Waals surface area (Å²) in [4.78, 5) is 37.0. The number of aromatic amines is 1. The molecule has 9 heteroatoms. The molecule has 3 heterocycles. The second-order valence-corrected chi connectivity index (χ2v) is 10.2. The van der Waals surface area contributed by atoms with Gasteiger partial charge in [0.05, 0.1) is 17.4 Å². The number of carbonyl (C=O) groups excluding carboxylic acids is 2. The molecule has 2 amide bonds. The number of H-pyrrole nitrogens is 1. The van der Waals surface area contributed by atoms with E-state index in [0.29, 0.717) is 5.92 Å². The van der Waals surface area contributed by atoms with Gasteiger partial charge in [-0.05, 0) is 75.0 Å². The fourth-order valence-electron chi connectivity index (χ4n) is 4.01. The highest BCUT2D eigenvalue weighted by atomic mass is 32.1. The first-order valence-corrected chi connectivity index (χ1v) is 12.9. The van der Waals surface area contributed by atoms with Crippen LogP contribution in [0.15, 0.2) is 36.9 Å². The topological polar surface area (TPSA) is 112 Å². The van der Waals surface area contributed by atoms with Crippen LogP contribution in [-0.2, 0) is 17.6 Å². The van der Waals surface area contributed by atoms with E-state index in [-0.39, 0.29) is 17.7 Å². The quantitative estimate of drug-likeness (QED) is 0.394. The average molecular weight is 479 g/mol. The van der Waals surface area contributed by atoms with Gasteiger partial charge in [-0.2, -0.15) is 0 Å². The lowest BCUT2D eigenvalue weighted by molar-refractivity contribution is -0.117. The predicted molar refractivity (Wildman–Crippen MR) is 133 cm³/mol. The number of imidazole rings is 1. The van der Waals surface area contributed by atoms with Crippen molar-refractivity contribution >= 4 is 39.8 Å². The van der Waals surface area contributed by atoms with E-state index in [2.05, 4.69) is 30.9 Å². The van der Waals surface area contributed by atoms with Crippen molar-refractivity contribution in [1.82, 2.24) is 20.3 Å². The Bertz CT molecular complexity index is 1120. The molecule has 0 saturated heterocycles. The van der Waals surface area contributed by atoms with Gasteiger partial charge in [-0.15, -0.1) is 11.3 Å². The van der Waals surface area contributed by atoms with Crippen molar-refractivity contribution in [2.75, 3.05) is 17.2 Å². The third kappa shape index (κ3) is 5.83. The van der Waals surface area contributed by atoms with Crippen LogP contribution in [0.4, 0.5) is 16.6 Å². The van der Waals surface area contributed by atoms with E-state index in [1.165, 1.54) is 29.7 Å². The Balaban J connectivity index is 0.000000169. The number of anilines is 3. The molecule has 0 unspecified atom stereocenters. The molecule has 3 aromatic heterocycles. The number of nitrogens with zero attached hydrogens (tertiary/aromatic N) is 2. The van der Waals surface area contributed by atoms with Gasteiger partial charge in [-0.25, -0.2) is 4.98 Å². The third-order valence-corrected chi connectivity index (χ3v) is 7.46. The van der Waals surface area contributed by atoms with Crippen molar-refractivity contribution in [2.45, 2.75) is 51.4 Å². The van der Waals surface area contributed by atoms with Crippen LogP contribution in [0.3, 0.4) is 0 Å². The number of aromatic nitrogens is 3. The second kappa shape index (κ2) is 10.4. The molecule has 4 N–H and O–H groups in total. The van der Waals surface area contributed by atoms with Crippen molar-refractivity contribution in [3.05, 3.63) is 52.9 Å². The number of pyridine rings is 1. The predicted octanol–water partition coefficient (Wildman–Crippen LogP) is 4.66. The van der Waals surface area contributed by atoms with Crippen LogP contribution >= 0.6 is 11.3 Å². The molecule has 178 valence electrons. The zero-order chi connectivity index (χ0) is 23.3. The number of nitrogens with one attached hydrogen (secondary N) is 4. The molecule has 0 aliphatic heterocycles. The highest BCUT2D eigenvalue weighted by Crippen LogP contribution is 2.40. The monoisotopic (exact) mass is 478 g/mol. The number of aryl methyl sites for hydroxylation is 1. The number of amides is 2. The first kappa shape index (κ1) is 22.6. The van der Waals surface area contributed by atoms with E-state index in [0.717, 1.165) is 60.8 Å². The number of thiophene rings is 1. The molecule has 0 aromatic carbocycles. The van der Waals surface area contributed by atoms with Gasteiger partial charge in [0.2, 0.25) is 11.9 Å². The average Bonchev–Trinajstić information content (AvgIpc) is 3.78. The van der Waals surface area contributed by atoms with E-state index in [4.69, 9.17) is 0 Å². The number of rotatable bonds is 7. The Hall–Kier alpha value is -3.20. The van der Waals surface area contributed by atoms with Crippen LogP contribution < -0.4 is 16.0 Å². The Morgan fingerprint density at radius 3 is 2.68 bits per heavy atom. The summed E-state index contributed by atoms with van der Waals surface area (Å²) in [5.41, 5.74) is 2.87. The van der Waals surface area contributed by atoms with Gasteiger partial charge in [0.25, 0.3) is 5.91 Å². The molecule has 34 heavy (non-hydrogen) atoms. The first-order chi connectivity index (χ1) is 16.7. The maximum Gasteiger partial charge on any atom is 0.254 e. The van der Waals surface area contributed by atoms with Gasteiger partial charge in [-0.3, -0.25) is 14.6 Å². The molecule has 3 aliphatic rings. The normalized spacial score (nSPS) is 16.6. The fourth-order valence-corrected chi connectivity index (χ4v) is 5.30. The van der Waals surface area contributed by atoms with Gasteiger partial charge in [0.15, 0.2) is 0 Å². The molecule has 0 radical (unpaired) electrons. The minimum atomic E-state index is 0.0115. The molecular weight excluding hydrogens is 448 g/mol. The summed E-state index contributed by atoms with van der Waals surface area (Å²) < 4.78 is 0. The van der Waals surface area contributed by atoms with Crippen LogP contribution in [0.2, 0.25) is 0 Å².